The van der Waals surface area contributed by atoms with Crippen LogP contribution >= 0.6 is 15.6 Å². The zero-order chi connectivity index (χ0) is 66.3. The van der Waals surface area contributed by atoms with Crippen LogP contribution in [0.2, 0.25) is 0 Å². The fourth-order valence-electron chi connectivity index (χ4n) is 10.8. The molecule has 2 unspecified atom stereocenters. The van der Waals surface area contributed by atoms with Crippen molar-refractivity contribution in [2.45, 2.75) is 387 Å². The zero-order valence-electron chi connectivity index (χ0n) is 58.3. The summed E-state index contributed by atoms with van der Waals surface area (Å²) in [6, 6.07) is 0. The molecule has 0 bridgehead atoms. The Morgan fingerprint density at radius 1 is 0.300 bits per heavy atom. The minimum atomic E-state index is -4.95. The Labute approximate surface area is 549 Å². The van der Waals surface area contributed by atoms with Crippen LogP contribution in [0.15, 0.2) is 0 Å². The molecule has 3 N–H and O–H groups in total. The van der Waals surface area contributed by atoms with Crippen LogP contribution in [0.25, 0.3) is 0 Å². The number of hydrogen-bond donors (Lipinski definition) is 3. The molecule has 534 valence electrons. The van der Waals surface area contributed by atoms with Gasteiger partial charge in [0.1, 0.15) is 19.3 Å². The Kier molecular flexibility index (Phi) is 63.0. The summed E-state index contributed by atoms with van der Waals surface area (Å²) in [5, 5.41) is 10.6. The summed E-state index contributed by atoms with van der Waals surface area (Å²) in [6.07, 6.45) is 51.7. The molecule has 0 aliphatic carbocycles. The van der Waals surface area contributed by atoms with Crippen LogP contribution in [-0.4, -0.2) is 96.7 Å². The van der Waals surface area contributed by atoms with E-state index < -0.39 is 97.5 Å². The lowest BCUT2D eigenvalue weighted by Crippen LogP contribution is -2.30. The van der Waals surface area contributed by atoms with Gasteiger partial charge in [0.25, 0.3) is 0 Å². The van der Waals surface area contributed by atoms with Crippen LogP contribution in [0.4, 0.5) is 0 Å². The molecule has 19 heteroatoms. The first-order valence-electron chi connectivity index (χ1n) is 37.1. The third-order valence-corrected chi connectivity index (χ3v) is 18.4. The summed E-state index contributed by atoms with van der Waals surface area (Å²) in [5.41, 5.74) is 0. The summed E-state index contributed by atoms with van der Waals surface area (Å²) in [4.78, 5) is 72.3. The van der Waals surface area contributed by atoms with Gasteiger partial charge in [0.15, 0.2) is 12.2 Å². The summed E-state index contributed by atoms with van der Waals surface area (Å²) >= 11 is 0. The average molecular weight is 1330 g/mol. The molecule has 0 rings (SSSR count). The predicted molar refractivity (Wildman–Crippen MR) is 363 cm³/mol. The number of unbranched alkanes of at least 4 members (excludes halogenated alkanes) is 43. The Balaban J connectivity index is 5.15. The zero-order valence-corrected chi connectivity index (χ0v) is 60.1. The van der Waals surface area contributed by atoms with Gasteiger partial charge in [-0.2, -0.15) is 0 Å². The van der Waals surface area contributed by atoms with Gasteiger partial charge in [-0.1, -0.05) is 317 Å². The highest BCUT2D eigenvalue weighted by Gasteiger charge is 2.30. The van der Waals surface area contributed by atoms with E-state index >= 15 is 0 Å². The van der Waals surface area contributed by atoms with Gasteiger partial charge in [-0.15, -0.1) is 0 Å². The van der Waals surface area contributed by atoms with E-state index in [-0.39, 0.29) is 25.7 Å². The first-order valence-corrected chi connectivity index (χ1v) is 40.1. The number of rotatable bonds is 71. The molecule has 0 aliphatic rings. The van der Waals surface area contributed by atoms with Crippen molar-refractivity contribution in [1.82, 2.24) is 0 Å². The average Bonchev–Trinajstić information content (AvgIpc) is 3.69. The van der Waals surface area contributed by atoms with Crippen LogP contribution in [-0.2, 0) is 65.4 Å². The van der Waals surface area contributed by atoms with Crippen molar-refractivity contribution in [1.29, 1.82) is 0 Å². The van der Waals surface area contributed by atoms with Crippen LogP contribution < -0.4 is 0 Å². The first kappa shape index (κ1) is 88.1. The van der Waals surface area contributed by atoms with Gasteiger partial charge in [-0.3, -0.25) is 37.3 Å². The third-order valence-electron chi connectivity index (χ3n) is 16.5. The fraction of sp³-hybridized carbons (Fsp3) is 0.944. The van der Waals surface area contributed by atoms with Crippen LogP contribution in [0, 0.1) is 5.92 Å². The first-order chi connectivity index (χ1) is 43.5. The number of esters is 4. The molecule has 17 nitrogen and oxygen atoms in total. The van der Waals surface area contributed by atoms with E-state index in [1.165, 1.54) is 186 Å². The molecule has 0 aromatic heterocycles. The van der Waals surface area contributed by atoms with Crippen molar-refractivity contribution in [2.24, 2.45) is 5.92 Å². The standard InChI is InChI=1S/C71H138O17P2/c1-6-9-12-15-17-19-21-22-23-24-25-29-33-36-40-45-50-55-69(74)82-61-67(88-71(76)57-52-47-42-38-34-30-27-26-28-32-35-39-44-48-53-64(4)5)63-86-90(79,80)84-59-65(72)58-83-89(77,78)85-62-66(60-81-68(73)54-49-43-14-11-8-3)87-70(75)56-51-46-41-37-31-20-18-16-13-10-7-2/h64-67,72H,6-63H2,1-5H3,(H,77,78)(H,79,80)/t65-,66+,67+/m0/s1. The number of aliphatic hydroxyl groups is 1. The van der Waals surface area contributed by atoms with Gasteiger partial charge in [0, 0.05) is 25.7 Å². The molecular formula is C71H138O17P2. The highest BCUT2D eigenvalue weighted by Crippen LogP contribution is 2.45. The van der Waals surface area contributed by atoms with Gasteiger partial charge in [-0.25, -0.2) is 9.13 Å². The largest absolute Gasteiger partial charge is 0.472 e. The Morgan fingerprint density at radius 2 is 0.511 bits per heavy atom. The highest BCUT2D eigenvalue weighted by atomic mass is 31.2. The highest BCUT2D eigenvalue weighted by molar-refractivity contribution is 7.47. The van der Waals surface area contributed by atoms with Crippen molar-refractivity contribution in [3.05, 3.63) is 0 Å². The lowest BCUT2D eigenvalue weighted by molar-refractivity contribution is -0.161. The smallest absolute Gasteiger partial charge is 0.462 e. The van der Waals surface area contributed by atoms with Crippen molar-refractivity contribution in [3.63, 3.8) is 0 Å². The minimum Gasteiger partial charge on any atom is -0.462 e. The predicted octanol–water partition coefficient (Wildman–Crippen LogP) is 20.5. The molecule has 0 amide bonds. The van der Waals surface area contributed by atoms with Gasteiger partial charge < -0.3 is 33.8 Å². The van der Waals surface area contributed by atoms with E-state index in [9.17, 15) is 43.2 Å². The molecule has 0 fully saturated rings. The molecule has 0 heterocycles. The van der Waals surface area contributed by atoms with Crippen LogP contribution in [0.1, 0.15) is 369 Å². The molecule has 0 aliphatic heterocycles. The Morgan fingerprint density at radius 3 is 0.756 bits per heavy atom. The van der Waals surface area contributed by atoms with E-state index in [0.29, 0.717) is 25.7 Å². The topological polar surface area (TPSA) is 237 Å². The lowest BCUT2D eigenvalue weighted by Gasteiger charge is -2.21. The molecule has 0 saturated heterocycles. The molecule has 0 saturated carbocycles. The van der Waals surface area contributed by atoms with E-state index in [2.05, 4.69) is 34.6 Å². The SMILES string of the molecule is CCCCCCCCCCCCCCCCCCCC(=O)OC[C@H](COP(=O)(O)OC[C@@H](O)COP(=O)(O)OC[C@@H](COC(=O)CCCCCCC)OC(=O)CCCCCCCCCCCCC)OC(=O)CCCCCCCCCCCCCCCCC(C)C. The third kappa shape index (κ3) is 64.8. The number of ether oxygens (including phenoxy) is 4. The maximum atomic E-state index is 13.0. The van der Waals surface area contributed by atoms with E-state index in [1.807, 2.05) is 0 Å². The normalized spacial score (nSPS) is 14.1. The Hall–Kier alpha value is -1.94. The molecule has 5 atom stereocenters. The Bertz CT molecular complexity index is 1740. The number of phosphoric ester groups is 2. The maximum absolute atomic E-state index is 13.0. The summed E-state index contributed by atoms with van der Waals surface area (Å²) in [7, 11) is -9.89. The minimum absolute atomic E-state index is 0.106. The van der Waals surface area contributed by atoms with Crippen LogP contribution in [0.3, 0.4) is 0 Å². The van der Waals surface area contributed by atoms with Gasteiger partial charge in [0.2, 0.25) is 0 Å². The van der Waals surface area contributed by atoms with Crippen molar-refractivity contribution >= 4 is 39.5 Å². The fourth-order valence-corrected chi connectivity index (χ4v) is 12.4. The van der Waals surface area contributed by atoms with E-state index in [4.69, 9.17) is 37.0 Å². The quantitative estimate of drug-likeness (QED) is 0.0222. The molecule has 0 aromatic carbocycles. The lowest BCUT2D eigenvalue weighted by atomic mass is 10.0. The van der Waals surface area contributed by atoms with E-state index in [1.54, 1.807) is 0 Å². The second-order valence-electron chi connectivity index (χ2n) is 26.1. The summed E-state index contributed by atoms with van der Waals surface area (Å²) in [6.45, 7) is 7.19. The van der Waals surface area contributed by atoms with Crippen molar-refractivity contribution in [2.75, 3.05) is 39.6 Å². The van der Waals surface area contributed by atoms with Gasteiger partial charge in [-0.05, 0) is 31.6 Å². The molecular weight excluding hydrogens is 1190 g/mol. The summed E-state index contributed by atoms with van der Waals surface area (Å²) in [5.74, 6) is -1.34. The monoisotopic (exact) mass is 1320 g/mol. The number of carbonyl (C=O) groups is 4. The number of aliphatic hydroxyl groups excluding tert-OH is 1. The van der Waals surface area contributed by atoms with Crippen molar-refractivity contribution < 1.29 is 80.2 Å². The van der Waals surface area contributed by atoms with E-state index in [0.717, 1.165) is 102 Å². The number of hydrogen-bond acceptors (Lipinski definition) is 15. The number of phosphoric acid groups is 2. The van der Waals surface area contributed by atoms with Crippen molar-refractivity contribution in [3.8, 4) is 0 Å². The number of carbonyl (C=O) groups excluding carboxylic acids is 4. The summed E-state index contributed by atoms with van der Waals surface area (Å²) < 4.78 is 68.1. The van der Waals surface area contributed by atoms with Crippen LogP contribution in [0.5, 0.6) is 0 Å². The molecule has 90 heavy (non-hydrogen) atoms. The second-order valence-corrected chi connectivity index (χ2v) is 29.0. The second kappa shape index (κ2) is 64.4. The van der Waals surface area contributed by atoms with Gasteiger partial charge in [0.05, 0.1) is 26.4 Å². The van der Waals surface area contributed by atoms with Gasteiger partial charge >= 0.3 is 39.5 Å². The molecule has 0 radical (unpaired) electrons. The molecule has 0 aromatic rings. The molecule has 0 spiro atoms. The maximum Gasteiger partial charge on any atom is 0.472 e.